The van der Waals surface area contributed by atoms with Crippen molar-refractivity contribution in [1.82, 2.24) is 9.55 Å². The number of rotatable bonds is 5. The lowest BCUT2D eigenvalue weighted by Gasteiger charge is -2.12. The van der Waals surface area contributed by atoms with Crippen LogP contribution in [0.25, 0.3) is 0 Å². The summed E-state index contributed by atoms with van der Waals surface area (Å²) in [6.07, 6.45) is 3.35. The van der Waals surface area contributed by atoms with Crippen molar-refractivity contribution in [3.8, 4) is 5.88 Å². The monoisotopic (exact) mass is 289 g/mol. The molecule has 2 rings (SSSR count). The van der Waals surface area contributed by atoms with Gasteiger partial charge >= 0.3 is 5.97 Å². The standard InChI is InChI=1S/C15H19N3O3/c1-10(2)18-8-12(16)7-13(18)15(19)21-9-11-5-4-6-17-14(11)20-3/h4-8,10H,9,16H2,1-3H3. The zero-order valence-corrected chi connectivity index (χ0v) is 12.4. The highest BCUT2D eigenvalue weighted by Gasteiger charge is 2.17. The summed E-state index contributed by atoms with van der Waals surface area (Å²) in [7, 11) is 1.53. The Labute approximate surface area is 123 Å². The minimum Gasteiger partial charge on any atom is -0.481 e. The third-order valence-electron chi connectivity index (χ3n) is 3.04. The molecule has 0 spiro atoms. The molecule has 0 atom stereocenters. The Balaban J connectivity index is 2.12. The molecule has 112 valence electrons. The first-order valence-electron chi connectivity index (χ1n) is 6.65. The second kappa shape index (κ2) is 6.30. The summed E-state index contributed by atoms with van der Waals surface area (Å²) in [5.41, 5.74) is 7.43. The molecule has 0 amide bonds. The molecular weight excluding hydrogens is 270 g/mol. The number of hydrogen-bond donors (Lipinski definition) is 1. The molecule has 0 aromatic carbocycles. The Hall–Kier alpha value is -2.50. The first-order valence-corrected chi connectivity index (χ1v) is 6.65. The number of carbonyl (C=O) groups is 1. The number of nitrogens with two attached hydrogens (primary N) is 1. The van der Waals surface area contributed by atoms with Crippen molar-refractivity contribution in [2.75, 3.05) is 12.8 Å². The molecule has 2 N–H and O–H groups in total. The number of anilines is 1. The highest BCUT2D eigenvalue weighted by Crippen LogP contribution is 2.19. The maximum Gasteiger partial charge on any atom is 0.355 e. The molecule has 0 aliphatic carbocycles. The number of pyridine rings is 1. The second-order valence-corrected chi connectivity index (χ2v) is 4.91. The van der Waals surface area contributed by atoms with E-state index >= 15 is 0 Å². The Bertz CT molecular complexity index is 635. The van der Waals surface area contributed by atoms with E-state index in [2.05, 4.69) is 4.98 Å². The lowest BCUT2D eigenvalue weighted by Crippen LogP contribution is -2.13. The van der Waals surface area contributed by atoms with Crippen molar-refractivity contribution in [3.05, 3.63) is 41.9 Å². The lowest BCUT2D eigenvalue weighted by molar-refractivity contribution is 0.0455. The van der Waals surface area contributed by atoms with Gasteiger partial charge in [-0.2, -0.15) is 0 Å². The molecule has 0 aliphatic heterocycles. The van der Waals surface area contributed by atoms with Gasteiger partial charge in [0.05, 0.1) is 18.4 Å². The smallest absolute Gasteiger partial charge is 0.355 e. The zero-order valence-electron chi connectivity index (χ0n) is 12.4. The summed E-state index contributed by atoms with van der Waals surface area (Å²) in [5, 5.41) is 0. The van der Waals surface area contributed by atoms with E-state index in [0.717, 1.165) is 0 Å². The van der Waals surface area contributed by atoms with E-state index in [1.54, 1.807) is 35.2 Å². The number of hydrogen-bond acceptors (Lipinski definition) is 5. The van der Waals surface area contributed by atoms with Gasteiger partial charge in [0.2, 0.25) is 5.88 Å². The van der Waals surface area contributed by atoms with Gasteiger partial charge < -0.3 is 19.8 Å². The van der Waals surface area contributed by atoms with Crippen LogP contribution in [0.5, 0.6) is 5.88 Å². The largest absolute Gasteiger partial charge is 0.481 e. The second-order valence-electron chi connectivity index (χ2n) is 4.91. The van der Waals surface area contributed by atoms with Gasteiger partial charge in [-0.05, 0) is 32.0 Å². The van der Waals surface area contributed by atoms with Crippen molar-refractivity contribution in [2.24, 2.45) is 0 Å². The minimum atomic E-state index is -0.425. The maximum atomic E-state index is 12.2. The van der Waals surface area contributed by atoms with Crippen LogP contribution < -0.4 is 10.5 Å². The molecule has 2 aromatic rings. The van der Waals surface area contributed by atoms with Gasteiger partial charge in [-0.3, -0.25) is 0 Å². The highest BCUT2D eigenvalue weighted by atomic mass is 16.5. The Kier molecular flexibility index (Phi) is 4.47. The summed E-state index contributed by atoms with van der Waals surface area (Å²) < 4.78 is 12.2. The quantitative estimate of drug-likeness (QED) is 0.855. The number of aromatic nitrogens is 2. The van der Waals surface area contributed by atoms with Crippen molar-refractivity contribution in [2.45, 2.75) is 26.5 Å². The van der Waals surface area contributed by atoms with Crippen molar-refractivity contribution < 1.29 is 14.3 Å². The van der Waals surface area contributed by atoms with Crippen LogP contribution in [0.15, 0.2) is 30.6 Å². The van der Waals surface area contributed by atoms with E-state index in [1.807, 2.05) is 13.8 Å². The molecule has 0 radical (unpaired) electrons. The van der Waals surface area contributed by atoms with E-state index in [9.17, 15) is 4.79 Å². The van der Waals surface area contributed by atoms with Crippen LogP contribution in [0.3, 0.4) is 0 Å². The van der Waals surface area contributed by atoms with Gasteiger partial charge in [0.15, 0.2) is 0 Å². The molecular formula is C15H19N3O3. The predicted octanol–water partition coefficient (Wildman–Crippen LogP) is 2.41. The molecule has 0 aliphatic rings. The summed E-state index contributed by atoms with van der Waals surface area (Å²) >= 11 is 0. The number of nitrogen functional groups attached to an aromatic ring is 1. The fraction of sp³-hybridized carbons (Fsp3) is 0.333. The summed E-state index contributed by atoms with van der Waals surface area (Å²) in [4.78, 5) is 16.3. The van der Waals surface area contributed by atoms with E-state index in [-0.39, 0.29) is 12.6 Å². The minimum absolute atomic E-state index is 0.0963. The zero-order chi connectivity index (χ0) is 15.4. The Morgan fingerprint density at radius 3 is 2.90 bits per heavy atom. The van der Waals surface area contributed by atoms with Crippen LogP contribution in [0, 0.1) is 0 Å². The summed E-state index contributed by atoms with van der Waals surface area (Å²) in [6, 6.07) is 5.30. The van der Waals surface area contributed by atoms with Gasteiger partial charge in [0, 0.05) is 18.4 Å². The molecule has 2 aromatic heterocycles. The number of methoxy groups -OCH3 is 1. The van der Waals surface area contributed by atoms with Gasteiger partial charge in [-0.25, -0.2) is 9.78 Å². The fourth-order valence-corrected chi connectivity index (χ4v) is 2.03. The Morgan fingerprint density at radius 1 is 1.48 bits per heavy atom. The molecule has 0 unspecified atom stereocenters. The number of carbonyl (C=O) groups excluding carboxylic acids is 1. The van der Waals surface area contributed by atoms with Crippen LogP contribution >= 0.6 is 0 Å². The van der Waals surface area contributed by atoms with E-state index in [0.29, 0.717) is 22.8 Å². The molecule has 6 nitrogen and oxygen atoms in total. The molecule has 0 fully saturated rings. The third kappa shape index (κ3) is 3.34. The van der Waals surface area contributed by atoms with Gasteiger partial charge in [0.1, 0.15) is 12.3 Å². The normalized spacial score (nSPS) is 10.7. The first-order chi connectivity index (χ1) is 10.0. The van der Waals surface area contributed by atoms with Crippen molar-refractivity contribution in [3.63, 3.8) is 0 Å². The van der Waals surface area contributed by atoms with Gasteiger partial charge in [-0.1, -0.05) is 0 Å². The van der Waals surface area contributed by atoms with E-state index < -0.39 is 5.97 Å². The van der Waals surface area contributed by atoms with Gasteiger partial charge in [0.25, 0.3) is 0 Å². The third-order valence-corrected chi connectivity index (χ3v) is 3.04. The van der Waals surface area contributed by atoms with Crippen molar-refractivity contribution in [1.29, 1.82) is 0 Å². The predicted molar refractivity (Wildman–Crippen MR) is 79.1 cm³/mol. The number of ether oxygens (including phenoxy) is 2. The number of nitrogens with zero attached hydrogens (tertiary/aromatic N) is 2. The maximum absolute atomic E-state index is 12.2. The van der Waals surface area contributed by atoms with Crippen LogP contribution in [-0.2, 0) is 11.3 Å². The van der Waals surface area contributed by atoms with E-state index in [1.165, 1.54) is 7.11 Å². The number of esters is 1. The van der Waals surface area contributed by atoms with Crippen LogP contribution in [0.4, 0.5) is 5.69 Å². The summed E-state index contributed by atoms with van der Waals surface area (Å²) in [6.45, 7) is 4.04. The lowest BCUT2D eigenvalue weighted by atomic mass is 10.3. The van der Waals surface area contributed by atoms with Crippen LogP contribution in [-0.4, -0.2) is 22.6 Å². The molecule has 6 heteroatoms. The highest BCUT2D eigenvalue weighted by molar-refractivity contribution is 5.89. The molecule has 0 saturated carbocycles. The molecule has 0 bridgehead atoms. The molecule has 0 saturated heterocycles. The van der Waals surface area contributed by atoms with Gasteiger partial charge in [-0.15, -0.1) is 0 Å². The Morgan fingerprint density at radius 2 is 2.24 bits per heavy atom. The average Bonchev–Trinajstić information content (AvgIpc) is 2.87. The molecule has 2 heterocycles. The topological polar surface area (TPSA) is 79.4 Å². The molecule has 21 heavy (non-hydrogen) atoms. The van der Waals surface area contributed by atoms with Crippen LogP contribution in [0.2, 0.25) is 0 Å². The SMILES string of the molecule is COc1ncccc1COC(=O)c1cc(N)cn1C(C)C. The fourth-order valence-electron chi connectivity index (χ4n) is 2.03. The average molecular weight is 289 g/mol. The van der Waals surface area contributed by atoms with E-state index in [4.69, 9.17) is 15.2 Å². The summed E-state index contributed by atoms with van der Waals surface area (Å²) in [5.74, 6) is 0.0235. The first kappa shape index (κ1) is 14.9. The van der Waals surface area contributed by atoms with Crippen LogP contribution in [0.1, 0.15) is 35.9 Å². The van der Waals surface area contributed by atoms with Crippen molar-refractivity contribution >= 4 is 11.7 Å².